The average molecular weight is 247 g/mol. The van der Waals surface area contributed by atoms with E-state index in [1.54, 1.807) is 12.3 Å². The molecular weight excluding hydrogens is 226 g/mol. The first kappa shape index (κ1) is 12.9. The molecule has 1 fully saturated rings. The second kappa shape index (κ2) is 5.38. The number of amides is 1. The highest BCUT2D eigenvalue weighted by molar-refractivity contribution is 5.92. The van der Waals surface area contributed by atoms with Gasteiger partial charge in [0, 0.05) is 13.6 Å². The van der Waals surface area contributed by atoms with Crippen LogP contribution in [0.4, 0.5) is 5.69 Å². The van der Waals surface area contributed by atoms with Crippen LogP contribution in [0, 0.1) is 5.41 Å². The highest BCUT2D eigenvalue weighted by Crippen LogP contribution is 2.48. The Balaban J connectivity index is 1.87. The molecule has 0 radical (unpaired) electrons. The van der Waals surface area contributed by atoms with Gasteiger partial charge in [-0.1, -0.05) is 13.3 Å². The van der Waals surface area contributed by atoms with E-state index in [9.17, 15) is 4.79 Å². The molecule has 1 aliphatic carbocycles. The van der Waals surface area contributed by atoms with Crippen molar-refractivity contribution in [2.45, 2.75) is 32.6 Å². The van der Waals surface area contributed by atoms with E-state index in [0.717, 1.165) is 12.2 Å². The predicted molar refractivity (Wildman–Crippen MR) is 72.7 cm³/mol. The van der Waals surface area contributed by atoms with Crippen molar-refractivity contribution in [2.75, 3.05) is 18.9 Å². The zero-order valence-electron chi connectivity index (χ0n) is 11.1. The van der Waals surface area contributed by atoms with Gasteiger partial charge in [0.1, 0.15) is 5.69 Å². The summed E-state index contributed by atoms with van der Waals surface area (Å²) in [5, 5.41) is 5.98. The summed E-state index contributed by atoms with van der Waals surface area (Å²) >= 11 is 0. The molecule has 18 heavy (non-hydrogen) atoms. The van der Waals surface area contributed by atoms with Crippen LogP contribution in [0.2, 0.25) is 0 Å². The summed E-state index contributed by atoms with van der Waals surface area (Å²) in [7, 11) is 1.83. The summed E-state index contributed by atoms with van der Waals surface area (Å²) < 4.78 is 0. The van der Waals surface area contributed by atoms with Crippen molar-refractivity contribution in [3.8, 4) is 0 Å². The second-order valence-corrected chi connectivity index (χ2v) is 5.11. The number of hydrogen-bond acceptors (Lipinski definition) is 3. The summed E-state index contributed by atoms with van der Waals surface area (Å²) in [5.74, 6) is -0.0694. The molecule has 2 N–H and O–H groups in total. The maximum atomic E-state index is 11.9. The molecule has 0 saturated heterocycles. The molecule has 98 valence electrons. The molecule has 0 aromatic carbocycles. The van der Waals surface area contributed by atoms with Gasteiger partial charge in [0.05, 0.1) is 11.9 Å². The van der Waals surface area contributed by atoms with E-state index in [0.29, 0.717) is 11.1 Å². The lowest BCUT2D eigenvalue weighted by Gasteiger charge is -2.14. The summed E-state index contributed by atoms with van der Waals surface area (Å²) in [5.41, 5.74) is 1.78. The minimum absolute atomic E-state index is 0.0694. The highest BCUT2D eigenvalue weighted by Gasteiger charge is 2.41. The van der Waals surface area contributed by atoms with Crippen molar-refractivity contribution < 1.29 is 4.79 Å². The summed E-state index contributed by atoms with van der Waals surface area (Å²) in [4.78, 5) is 16.1. The molecule has 0 atom stereocenters. The molecule has 4 heteroatoms. The zero-order chi connectivity index (χ0) is 13.0. The lowest BCUT2D eigenvalue weighted by molar-refractivity contribution is 0.0939. The van der Waals surface area contributed by atoms with Gasteiger partial charge < -0.3 is 10.6 Å². The molecule has 0 aliphatic heterocycles. The van der Waals surface area contributed by atoms with E-state index in [2.05, 4.69) is 22.5 Å². The van der Waals surface area contributed by atoms with E-state index in [-0.39, 0.29) is 5.91 Å². The largest absolute Gasteiger partial charge is 0.387 e. The quantitative estimate of drug-likeness (QED) is 0.811. The first-order valence-corrected chi connectivity index (χ1v) is 6.61. The molecule has 0 unspecified atom stereocenters. The van der Waals surface area contributed by atoms with Gasteiger partial charge in [-0.05, 0) is 36.8 Å². The fourth-order valence-corrected chi connectivity index (χ4v) is 2.26. The van der Waals surface area contributed by atoms with Gasteiger partial charge in [-0.2, -0.15) is 0 Å². The van der Waals surface area contributed by atoms with Gasteiger partial charge in [0.25, 0.3) is 5.91 Å². The number of pyridine rings is 1. The van der Waals surface area contributed by atoms with Crippen LogP contribution in [0.3, 0.4) is 0 Å². The van der Waals surface area contributed by atoms with Crippen molar-refractivity contribution >= 4 is 11.6 Å². The number of nitrogens with one attached hydrogen (secondary N) is 2. The number of nitrogens with zero attached hydrogens (tertiary/aromatic N) is 1. The molecule has 1 aliphatic rings. The molecule has 2 rings (SSSR count). The lowest BCUT2D eigenvalue weighted by Crippen LogP contribution is -2.30. The summed E-state index contributed by atoms with van der Waals surface area (Å²) in [6.07, 6.45) is 6.55. The molecule has 1 saturated carbocycles. The van der Waals surface area contributed by atoms with Crippen LogP contribution in [0.5, 0.6) is 0 Å². The second-order valence-electron chi connectivity index (χ2n) is 5.11. The normalized spacial score (nSPS) is 16.1. The fourth-order valence-electron chi connectivity index (χ4n) is 2.26. The number of aromatic nitrogens is 1. The first-order chi connectivity index (χ1) is 8.69. The van der Waals surface area contributed by atoms with E-state index in [1.807, 2.05) is 13.1 Å². The van der Waals surface area contributed by atoms with Crippen LogP contribution < -0.4 is 10.6 Å². The molecule has 1 heterocycles. The monoisotopic (exact) mass is 247 g/mol. The van der Waals surface area contributed by atoms with E-state index in [4.69, 9.17) is 0 Å². The maximum absolute atomic E-state index is 11.9. The number of carbonyl (C=O) groups is 1. The van der Waals surface area contributed by atoms with Crippen LogP contribution in [-0.4, -0.2) is 24.5 Å². The molecule has 4 nitrogen and oxygen atoms in total. The van der Waals surface area contributed by atoms with Crippen molar-refractivity contribution in [1.29, 1.82) is 0 Å². The number of hydrogen-bond donors (Lipinski definition) is 2. The van der Waals surface area contributed by atoms with Crippen LogP contribution in [0.25, 0.3) is 0 Å². The molecule has 1 aromatic heterocycles. The third kappa shape index (κ3) is 3.00. The number of carbonyl (C=O) groups excluding carboxylic acids is 1. The fraction of sp³-hybridized carbons (Fsp3) is 0.571. The molecule has 0 bridgehead atoms. The maximum Gasteiger partial charge on any atom is 0.269 e. The van der Waals surface area contributed by atoms with E-state index >= 15 is 0 Å². The summed E-state index contributed by atoms with van der Waals surface area (Å²) in [6, 6.07) is 3.61. The Morgan fingerprint density at radius 1 is 1.44 bits per heavy atom. The SMILES string of the molecule is CCCC1(CNC(=O)c2ccc(NC)cn2)CC1. The van der Waals surface area contributed by atoms with E-state index in [1.165, 1.54) is 25.7 Å². The Morgan fingerprint density at radius 3 is 2.72 bits per heavy atom. The van der Waals surface area contributed by atoms with Gasteiger partial charge >= 0.3 is 0 Å². The molecular formula is C14H21N3O. The Kier molecular flexibility index (Phi) is 3.84. The van der Waals surface area contributed by atoms with Gasteiger partial charge in [0.2, 0.25) is 0 Å². The predicted octanol–water partition coefficient (Wildman–Crippen LogP) is 2.43. The van der Waals surface area contributed by atoms with Crippen LogP contribution in [-0.2, 0) is 0 Å². The highest BCUT2D eigenvalue weighted by atomic mass is 16.1. The van der Waals surface area contributed by atoms with Gasteiger partial charge in [-0.25, -0.2) is 4.98 Å². The van der Waals surface area contributed by atoms with Gasteiger partial charge in [0.15, 0.2) is 0 Å². The third-order valence-corrected chi connectivity index (χ3v) is 3.65. The van der Waals surface area contributed by atoms with Crippen molar-refractivity contribution in [2.24, 2.45) is 5.41 Å². The Bertz CT molecular complexity index is 410. The zero-order valence-corrected chi connectivity index (χ0v) is 11.1. The van der Waals surface area contributed by atoms with Crippen molar-refractivity contribution in [3.63, 3.8) is 0 Å². The number of anilines is 1. The topological polar surface area (TPSA) is 54.0 Å². The standard InChI is InChI=1S/C14H21N3O/c1-3-6-14(7-8-14)10-17-13(18)12-5-4-11(15-2)9-16-12/h4-5,9,15H,3,6-8,10H2,1-2H3,(H,17,18). The average Bonchev–Trinajstić information content (AvgIpc) is 3.17. The Hall–Kier alpha value is -1.58. The lowest BCUT2D eigenvalue weighted by atomic mass is 10.0. The van der Waals surface area contributed by atoms with Crippen LogP contribution >= 0.6 is 0 Å². The number of rotatable bonds is 6. The molecule has 1 amide bonds. The first-order valence-electron chi connectivity index (χ1n) is 6.61. The Labute approximate surface area is 108 Å². The molecule has 1 aromatic rings. The minimum atomic E-state index is -0.0694. The Morgan fingerprint density at radius 2 is 2.22 bits per heavy atom. The summed E-state index contributed by atoms with van der Waals surface area (Å²) in [6.45, 7) is 2.98. The third-order valence-electron chi connectivity index (χ3n) is 3.65. The van der Waals surface area contributed by atoms with Gasteiger partial charge in [-0.15, -0.1) is 0 Å². The smallest absolute Gasteiger partial charge is 0.269 e. The minimum Gasteiger partial charge on any atom is -0.387 e. The van der Waals surface area contributed by atoms with Crippen LogP contribution in [0.1, 0.15) is 43.1 Å². The van der Waals surface area contributed by atoms with Gasteiger partial charge in [-0.3, -0.25) is 4.79 Å². The van der Waals surface area contributed by atoms with E-state index < -0.39 is 0 Å². The van der Waals surface area contributed by atoms with Crippen molar-refractivity contribution in [3.05, 3.63) is 24.0 Å². The molecule has 0 spiro atoms. The van der Waals surface area contributed by atoms with Crippen LogP contribution in [0.15, 0.2) is 18.3 Å². The van der Waals surface area contributed by atoms with Crippen molar-refractivity contribution in [1.82, 2.24) is 10.3 Å².